The first-order valence-electron chi connectivity index (χ1n) is 6.97. The molecule has 0 radical (unpaired) electrons. The molecule has 0 amide bonds. The number of anilines is 2. The van der Waals surface area contributed by atoms with Crippen LogP contribution in [0.1, 0.15) is 25.8 Å². The molecular weight excluding hydrogens is 300 g/mol. The van der Waals surface area contributed by atoms with Crippen molar-refractivity contribution in [3.05, 3.63) is 29.1 Å². The number of thiazole rings is 1. The van der Waals surface area contributed by atoms with Crippen molar-refractivity contribution in [2.75, 3.05) is 18.3 Å². The largest absolute Gasteiger partial charge is 0.493 e. The Hall–Kier alpha value is -2.28. The summed E-state index contributed by atoms with van der Waals surface area (Å²) in [4.78, 5) is 4.08. The van der Waals surface area contributed by atoms with Gasteiger partial charge >= 0.3 is 0 Å². The van der Waals surface area contributed by atoms with E-state index in [9.17, 15) is 0 Å². The van der Waals surface area contributed by atoms with Gasteiger partial charge in [-0.15, -0.1) is 11.3 Å². The van der Waals surface area contributed by atoms with Gasteiger partial charge in [-0.2, -0.15) is 5.10 Å². The Labute approximate surface area is 134 Å². The first kappa shape index (κ1) is 16.1. The molecule has 0 aliphatic heterocycles. The van der Waals surface area contributed by atoms with Crippen molar-refractivity contribution >= 4 is 28.5 Å². The standard InChI is InChI=1S/C15H20N4O2S/c1-4-10(2)21-14-11(6-5-7-12(14)20-3)8-17-19-15-18-13(16)9-22-15/h5-10H,4,16H2,1-3H3,(H,18,19). The molecule has 3 N–H and O–H groups in total. The van der Waals surface area contributed by atoms with E-state index in [1.165, 1.54) is 11.3 Å². The van der Waals surface area contributed by atoms with Gasteiger partial charge in [-0.25, -0.2) is 4.98 Å². The fourth-order valence-corrected chi connectivity index (χ4v) is 2.25. The summed E-state index contributed by atoms with van der Waals surface area (Å²) in [5.41, 5.74) is 9.24. The molecule has 1 atom stereocenters. The Morgan fingerprint density at radius 2 is 2.32 bits per heavy atom. The highest BCUT2D eigenvalue weighted by atomic mass is 32.1. The van der Waals surface area contributed by atoms with Crippen LogP contribution < -0.4 is 20.6 Å². The Morgan fingerprint density at radius 3 is 2.95 bits per heavy atom. The van der Waals surface area contributed by atoms with Gasteiger partial charge in [0.25, 0.3) is 0 Å². The van der Waals surface area contributed by atoms with Gasteiger partial charge in [0, 0.05) is 10.9 Å². The van der Waals surface area contributed by atoms with Gasteiger partial charge in [-0.05, 0) is 25.5 Å². The number of hydrogen-bond donors (Lipinski definition) is 2. The summed E-state index contributed by atoms with van der Waals surface area (Å²) in [6.07, 6.45) is 2.68. The molecule has 6 nitrogen and oxygen atoms in total. The fraction of sp³-hybridized carbons (Fsp3) is 0.333. The zero-order valence-electron chi connectivity index (χ0n) is 12.9. The number of methoxy groups -OCH3 is 1. The minimum Gasteiger partial charge on any atom is -0.493 e. The van der Waals surface area contributed by atoms with Crippen LogP contribution in [0.2, 0.25) is 0 Å². The van der Waals surface area contributed by atoms with E-state index >= 15 is 0 Å². The van der Waals surface area contributed by atoms with Crippen molar-refractivity contribution in [1.82, 2.24) is 4.98 Å². The Morgan fingerprint density at radius 1 is 1.50 bits per heavy atom. The molecule has 0 saturated carbocycles. The van der Waals surface area contributed by atoms with Crippen molar-refractivity contribution in [1.29, 1.82) is 0 Å². The summed E-state index contributed by atoms with van der Waals surface area (Å²) in [7, 11) is 1.62. The number of nitrogens with zero attached hydrogens (tertiary/aromatic N) is 2. The summed E-state index contributed by atoms with van der Waals surface area (Å²) in [6.45, 7) is 4.09. The minimum atomic E-state index is 0.0928. The summed E-state index contributed by atoms with van der Waals surface area (Å²) in [5.74, 6) is 1.84. The highest BCUT2D eigenvalue weighted by molar-refractivity contribution is 7.14. The molecule has 0 bridgehead atoms. The van der Waals surface area contributed by atoms with Gasteiger partial charge in [0.05, 0.1) is 19.4 Å². The van der Waals surface area contributed by atoms with Crippen LogP contribution in [0.15, 0.2) is 28.7 Å². The van der Waals surface area contributed by atoms with Gasteiger partial charge in [0.1, 0.15) is 5.82 Å². The lowest BCUT2D eigenvalue weighted by atomic mass is 10.2. The average Bonchev–Trinajstić information content (AvgIpc) is 2.94. The van der Waals surface area contributed by atoms with Gasteiger partial charge in [-0.3, -0.25) is 5.43 Å². The predicted octanol–water partition coefficient (Wildman–Crippen LogP) is 3.36. The van der Waals surface area contributed by atoms with Crippen LogP contribution in [0, 0.1) is 0 Å². The van der Waals surface area contributed by atoms with Crippen LogP contribution in [-0.4, -0.2) is 24.4 Å². The van der Waals surface area contributed by atoms with E-state index < -0.39 is 0 Å². The van der Waals surface area contributed by atoms with Crippen molar-refractivity contribution in [2.45, 2.75) is 26.4 Å². The van der Waals surface area contributed by atoms with Crippen LogP contribution in [0.4, 0.5) is 10.9 Å². The number of rotatable bonds is 7. The summed E-state index contributed by atoms with van der Waals surface area (Å²) < 4.78 is 11.3. The van der Waals surface area contributed by atoms with Crippen molar-refractivity contribution in [3.8, 4) is 11.5 Å². The second kappa shape index (κ2) is 7.65. The third kappa shape index (κ3) is 4.11. The van der Waals surface area contributed by atoms with E-state index in [0.29, 0.717) is 22.4 Å². The number of hydrogen-bond acceptors (Lipinski definition) is 7. The zero-order valence-corrected chi connectivity index (χ0v) is 13.7. The lowest BCUT2D eigenvalue weighted by molar-refractivity contribution is 0.207. The van der Waals surface area contributed by atoms with Gasteiger partial charge in [0.2, 0.25) is 5.13 Å². The van der Waals surface area contributed by atoms with E-state index in [-0.39, 0.29) is 6.10 Å². The second-order valence-corrected chi connectivity index (χ2v) is 5.52. The van der Waals surface area contributed by atoms with Gasteiger partial charge in [-0.1, -0.05) is 13.0 Å². The number of nitrogens with one attached hydrogen (secondary N) is 1. The molecule has 0 fully saturated rings. The van der Waals surface area contributed by atoms with E-state index in [4.69, 9.17) is 15.2 Å². The first-order chi connectivity index (χ1) is 10.6. The SMILES string of the molecule is CCC(C)Oc1c(C=NNc2nc(N)cs2)cccc1OC. The maximum absolute atomic E-state index is 5.95. The second-order valence-electron chi connectivity index (χ2n) is 4.66. The summed E-state index contributed by atoms with van der Waals surface area (Å²) in [5, 5.41) is 6.57. The minimum absolute atomic E-state index is 0.0928. The average molecular weight is 320 g/mol. The summed E-state index contributed by atoms with van der Waals surface area (Å²) in [6, 6.07) is 5.68. The lowest BCUT2D eigenvalue weighted by Gasteiger charge is -2.17. The molecule has 2 rings (SSSR count). The number of nitrogens with two attached hydrogens (primary N) is 1. The number of nitrogen functional groups attached to an aromatic ring is 1. The van der Waals surface area contributed by atoms with Crippen LogP contribution in [0.3, 0.4) is 0 Å². The maximum atomic E-state index is 5.95. The fourth-order valence-electron chi connectivity index (χ4n) is 1.70. The molecule has 0 saturated heterocycles. The molecule has 118 valence electrons. The molecule has 0 aliphatic carbocycles. The molecule has 1 aromatic heterocycles. The molecular formula is C15H20N4O2S. The first-order valence-corrected chi connectivity index (χ1v) is 7.85. The van der Waals surface area contributed by atoms with E-state index in [1.54, 1.807) is 18.7 Å². The van der Waals surface area contributed by atoms with E-state index in [0.717, 1.165) is 12.0 Å². The van der Waals surface area contributed by atoms with Gasteiger partial charge < -0.3 is 15.2 Å². The normalized spacial score (nSPS) is 12.3. The third-order valence-corrected chi connectivity index (χ3v) is 3.77. The lowest BCUT2D eigenvalue weighted by Crippen LogP contribution is -2.12. The topological polar surface area (TPSA) is 81.8 Å². The Bertz CT molecular complexity index is 642. The molecule has 2 aromatic rings. The molecule has 0 spiro atoms. The van der Waals surface area contributed by atoms with Crippen molar-refractivity contribution in [3.63, 3.8) is 0 Å². The number of aromatic nitrogens is 1. The number of ether oxygens (including phenoxy) is 2. The predicted molar refractivity (Wildman–Crippen MR) is 91.1 cm³/mol. The number of para-hydroxylation sites is 1. The van der Waals surface area contributed by atoms with Gasteiger partial charge in [0.15, 0.2) is 11.5 Å². The molecule has 0 aliphatic rings. The molecule has 7 heteroatoms. The highest BCUT2D eigenvalue weighted by Gasteiger charge is 2.12. The zero-order chi connectivity index (χ0) is 15.9. The third-order valence-electron chi connectivity index (χ3n) is 3.01. The van der Waals surface area contributed by atoms with Crippen LogP contribution in [-0.2, 0) is 0 Å². The molecule has 22 heavy (non-hydrogen) atoms. The maximum Gasteiger partial charge on any atom is 0.205 e. The smallest absolute Gasteiger partial charge is 0.205 e. The molecule has 1 heterocycles. The van der Waals surface area contributed by atoms with E-state index in [1.807, 2.05) is 25.1 Å². The van der Waals surface area contributed by atoms with Crippen LogP contribution in [0.25, 0.3) is 0 Å². The monoisotopic (exact) mass is 320 g/mol. The summed E-state index contributed by atoms with van der Waals surface area (Å²) >= 11 is 1.39. The molecule has 1 unspecified atom stereocenters. The molecule has 1 aromatic carbocycles. The Kier molecular flexibility index (Phi) is 5.60. The Balaban J connectivity index is 2.18. The van der Waals surface area contributed by atoms with E-state index in [2.05, 4.69) is 22.4 Å². The van der Waals surface area contributed by atoms with Crippen molar-refractivity contribution in [2.24, 2.45) is 5.10 Å². The van der Waals surface area contributed by atoms with Crippen LogP contribution in [0.5, 0.6) is 11.5 Å². The van der Waals surface area contributed by atoms with Crippen molar-refractivity contribution < 1.29 is 9.47 Å². The number of benzene rings is 1. The quantitative estimate of drug-likeness (QED) is 0.604. The number of hydrazone groups is 1. The highest BCUT2D eigenvalue weighted by Crippen LogP contribution is 2.31. The van der Waals surface area contributed by atoms with Crippen LogP contribution >= 0.6 is 11.3 Å².